The lowest BCUT2D eigenvalue weighted by molar-refractivity contribution is -0.119. The summed E-state index contributed by atoms with van der Waals surface area (Å²) in [4.78, 5) is 12.3. The number of tetrazole rings is 1. The minimum atomic E-state index is 0.0237. The number of halogens is 1. The number of nitrogens with zero attached hydrogens (tertiary/aromatic N) is 4. The third kappa shape index (κ3) is 3.67. The average Bonchev–Trinajstić information content (AvgIpc) is 3.31. The van der Waals surface area contributed by atoms with Crippen molar-refractivity contribution in [2.75, 3.05) is 12.3 Å². The number of carbonyl (C=O) groups is 1. The Morgan fingerprint density at radius 3 is 2.72 bits per heavy atom. The quantitative estimate of drug-likeness (QED) is 0.751. The molecule has 2 fully saturated rings. The highest BCUT2D eigenvalue weighted by molar-refractivity contribution is 7.99. The summed E-state index contributed by atoms with van der Waals surface area (Å²) in [6.45, 7) is 0.668. The van der Waals surface area contributed by atoms with Gasteiger partial charge in [-0.15, -0.1) is 5.10 Å². The van der Waals surface area contributed by atoms with Gasteiger partial charge in [0.05, 0.1) is 11.8 Å². The second-order valence-corrected chi connectivity index (χ2v) is 8.22. The van der Waals surface area contributed by atoms with Crippen molar-refractivity contribution in [3.05, 3.63) is 34.9 Å². The van der Waals surface area contributed by atoms with Crippen LogP contribution in [0.3, 0.4) is 0 Å². The first kappa shape index (κ1) is 16.8. The first-order chi connectivity index (χ1) is 12.2. The van der Waals surface area contributed by atoms with Gasteiger partial charge >= 0.3 is 0 Å². The molecule has 2 saturated carbocycles. The van der Waals surface area contributed by atoms with Gasteiger partial charge in [-0.05, 0) is 53.8 Å². The van der Waals surface area contributed by atoms with Crippen molar-refractivity contribution in [1.82, 2.24) is 25.5 Å². The molecular formula is C17H20ClN5OS. The molecule has 0 bridgehead atoms. The molecule has 0 saturated heterocycles. The van der Waals surface area contributed by atoms with E-state index in [1.165, 1.54) is 23.7 Å². The summed E-state index contributed by atoms with van der Waals surface area (Å²) in [5.41, 5.74) is 1.31. The summed E-state index contributed by atoms with van der Waals surface area (Å²) in [6, 6.07) is 8.42. The molecule has 1 N–H and O–H groups in total. The van der Waals surface area contributed by atoms with Gasteiger partial charge in [-0.2, -0.15) is 0 Å². The Bertz CT molecular complexity index is 755. The fourth-order valence-corrected chi connectivity index (χ4v) is 4.15. The Hall–Kier alpha value is -1.60. The summed E-state index contributed by atoms with van der Waals surface area (Å²) in [7, 11) is 0. The maximum Gasteiger partial charge on any atom is 0.230 e. The first-order valence-corrected chi connectivity index (χ1v) is 9.96. The molecule has 1 heterocycles. The Kier molecular flexibility index (Phi) is 4.69. The van der Waals surface area contributed by atoms with E-state index in [0.717, 1.165) is 35.9 Å². The molecule has 2 aromatic rings. The standard InChI is InChI=1S/C17H20ClN5OS/c18-13-4-2-12(3-5-13)17(8-1-9-17)11-19-15(24)10-25-16-20-21-22-23(16)14-6-7-14/h2-5,14H,1,6-11H2,(H,19,24). The molecule has 1 aromatic heterocycles. The van der Waals surface area contributed by atoms with Crippen molar-refractivity contribution >= 4 is 29.3 Å². The molecule has 6 nitrogen and oxygen atoms in total. The SMILES string of the molecule is O=C(CSc1nnnn1C1CC1)NCC1(c2ccc(Cl)cc2)CCC1. The van der Waals surface area contributed by atoms with Crippen molar-refractivity contribution in [3.8, 4) is 0 Å². The largest absolute Gasteiger partial charge is 0.354 e. The highest BCUT2D eigenvalue weighted by Gasteiger charge is 2.38. The van der Waals surface area contributed by atoms with Crippen molar-refractivity contribution in [1.29, 1.82) is 0 Å². The molecule has 0 radical (unpaired) electrons. The van der Waals surface area contributed by atoms with E-state index >= 15 is 0 Å². The summed E-state index contributed by atoms with van der Waals surface area (Å²) in [6.07, 6.45) is 5.64. The number of aromatic nitrogens is 4. The summed E-state index contributed by atoms with van der Waals surface area (Å²) >= 11 is 7.39. The maximum atomic E-state index is 12.3. The highest BCUT2D eigenvalue weighted by atomic mass is 35.5. The van der Waals surface area contributed by atoms with Crippen molar-refractivity contribution in [2.24, 2.45) is 0 Å². The Morgan fingerprint density at radius 2 is 2.08 bits per heavy atom. The van der Waals surface area contributed by atoms with Crippen molar-refractivity contribution in [2.45, 2.75) is 48.7 Å². The number of rotatable bonds is 7. The summed E-state index contributed by atoms with van der Waals surface area (Å²) < 4.78 is 1.83. The molecule has 25 heavy (non-hydrogen) atoms. The van der Waals surface area contributed by atoms with Gasteiger partial charge in [0.25, 0.3) is 0 Å². The van der Waals surface area contributed by atoms with Gasteiger partial charge in [0.15, 0.2) is 0 Å². The molecule has 1 aromatic carbocycles. The lowest BCUT2D eigenvalue weighted by Crippen LogP contribution is -2.46. The van der Waals surface area contributed by atoms with Crippen LogP contribution in [0.1, 0.15) is 43.7 Å². The Labute approximate surface area is 155 Å². The predicted octanol–water partition coefficient (Wildman–Crippen LogP) is 2.99. The maximum absolute atomic E-state index is 12.3. The number of nitrogens with one attached hydrogen (secondary N) is 1. The molecule has 1 amide bonds. The summed E-state index contributed by atoms with van der Waals surface area (Å²) in [5.74, 6) is 0.361. The molecule has 0 aliphatic heterocycles. The van der Waals surface area contributed by atoms with Crippen LogP contribution < -0.4 is 5.32 Å². The van der Waals surface area contributed by atoms with Gasteiger partial charge in [-0.3, -0.25) is 4.79 Å². The predicted molar refractivity (Wildman–Crippen MR) is 96.8 cm³/mol. The third-order valence-electron chi connectivity index (χ3n) is 5.08. The van der Waals surface area contributed by atoms with Crippen molar-refractivity contribution in [3.63, 3.8) is 0 Å². The van der Waals surface area contributed by atoms with E-state index in [4.69, 9.17) is 11.6 Å². The average molecular weight is 378 g/mol. The van der Waals surface area contributed by atoms with E-state index in [1.54, 1.807) is 0 Å². The van der Waals surface area contributed by atoms with E-state index in [-0.39, 0.29) is 11.3 Å². The number of hydrogen-bond donors (Lipinski definition) is 1. The molecule has 0 spiro atoms. The monoisotopic (exact) mass is 377 g/mol. The normalized spacial score (nSPS) is 18.6. The Morgan fingerprint density at radius 1 is 1.32 bits per heavy atom. The van der Waals surface area contributed by atoms with Gasteiger partial charge in [0.2, 0.25) is 11.1 Å². The minimum absolute atomic E-state index is 0.0237. The fourth-order valence-electron chi connectivity index (χ4n) is 3.25. The molecule has 132 valence electrons. The van der Waals surface area contributed by atoms with Crippen LogP contribution in [0, 0.1) is 0 Å². The van der Waals surface area contributed by atoms with Crippen LogP contribution in [0.25, 0.3) is 0 Å². The van der Waals surface area contributed by atoms with Crippen LogP contribution >= 0.6 is 23.4 Å². The van der Waals surface area contributed by atoms with Gasteiger partial charge < -0.3 is 5.32 Å². The van der Waals surface area contributed by atoms with Crippen molar-refractivity contribution < 1.29 is 4.79 Å². The molecule has 2 aliphatic carbocycles. The van der Waals surface area contributed by atoms with Crippen LogP contribution in [0.15, 0.2) is 29.4 Å². The fraction of sp³-hybridized carbons (Fsp3) is 0.529. The van der Waals surface area contributed by atoms with E-state index in [9.17, 15) is 4.79 Å². The van der Waals surface area contributed by atoms with Crippen LogP contribution in [-0.2, 0) is 10.2 Å². The molecule has 0 unspecified atom stereocenters. The molecule has 0 atom stereocenters. The lowest BCUT2D eigenvalue weighted by Gasteiger charge is -2.42. The zero-order chi connectivity index (χ0) is 17.3. The van der Waals surface area contributed by atoms with Crippen LogP contribution in [-0.4, -0.2) is 38.4 Å². The summed E-state index contributed by atoms with van der Waals surface area (Å²) in [5, 5.41) is 16.3. The van der Waals surface area contributed by atoms with E-state index in [2.05, 4.69) is 33.0 Å². The first-order valence-electron chi connectivity index (χ1n) is 8.60. The third-order valence-corrected chi connectivity index (χ3v) is 6.26. The number of amides is 1. The van der Waals surface area contributed by atoms with E-state index < -0.39 is 0 Å². The minimum Gasteiger partial charge on any atom is -0.354 e. The number of hydrogen-bond acceptors (Lipinski definition) is 5. The zero-order valence-electron chi connectivity index (χ0n) is 13.8. The molecule has 2 aliphatic rings. The van der Waals surface area contributed by atoms with Crippen LogP contribution in [0.2, 0.25) is 5.02 Å². The second kappa shape index (κ2) is 6.96. The topological polar surface area (TPSA) is 72.7 Å². The highest BCUT2D eigenvalue weighted by Crippen LogP contribution is 2.43. The van der Waals surface area contributed by atoms with Crippen LogP contribution in [0.4, 0.5) is 0 Å². The van der Waals surface area contributed by atoms with Gasteiger partial charge in [-0.25, -0.2) is 4.68 Å². The number of benzene rings is 1. The Balaban J connectivity index is 1.31. The van der Waals surface area contributed by atoms with E-state index in [1.807, 2.05) is 16.8 Å². The molecule has 4 rings (SSSR count). The van der Waals surface area contributed by atoms with Gasteiger partial charge in [-0.1, -0.05) is 41.9 Å². The smallest absolute Gasteiger partial charge is 0.230 e. The molecule has 8 heteroatoms. The molecular weight excluding hydrogens is 358 g/mol. The van der Waals surface area contributed by atoms with Gasteiger partial charge in [0.1, 0.15) is 0 Å². The second-order valence-electron chi connectivity index (χ2n) is 6.84. The lowest BCUT2D eigenvalue weighted by atomic mass is 9.64. The van der Waals surface area contributed by atoms with Crippen LogP contribution in [0.5, 0.6) is 0 Å². The van der Waals surface area contributed by atoms with E-state index in [0.29, 0.717) is 18.3 Å². The zero-order valence-corrected chi connectivity index (χ0v) is 15.4. The van der Waals surface area contributed by atoms with Gasteiger partial charge in [0, 0.05) is 17.0 Å². The number of carbonyl (C=O) groups excluding carboxylic acids is 1. The number of thioether (sulfide) groups is 1.